The molecule has 3 heteroatoms. The lowest BCUT2D eigenvalue weighted by Crippen LogP contribution is -2.43. The average molecular weight is 311 g/mol. The van der Waals surface area contributed by atoms with Gasteiger partial charge in [-0.2, -0.15) is 0 Å². The highest BCUT2D eigenvalue weighted by Crippen LogP contribution is 2.40. The highest BCUT2D eigenvalue weighted by Gasteiger charge is 2.41. The fourth-order valence-electron chi connectivity index (χ4n) is 3.12. The zero-order valence-corrected chi connectivity index (χ0v) is 16.6. The third kappa shape index (κ3) is 5.51. The van der Waals surface area contributed by atoms with E-state index < -0.39 is 13.7 Å². The van der Waals surface area contributed by atoms with Gasteiger partial charge in [0, 0.05) is 0 Å². The van der Waals surface area contributed by atoms with E-state index in [0.29, 0.717) is 16.6 Å². The monoisotopic (exact) mass is 310 g/mol. The SMILES string of the molecule is CC(C#C[Si](C(C)C)(C(C)C)C(C)C)C(=O)OC(C)(C)C. The van der Waals surface area contributed by atoms with Crippen LogP contribution in [-0.2, 0) is 9.53 Å². The number of rotatable bonds is 4. The van der Waals surface area contributed by atoms with E-state index in [9.17, 15) is 4.79 Å². The Morgan fingerprint density at radius 2 is 1.29 bits per heavy atom. The summed E-state index contributed by atoms with van der Waals surface area (Å²) in [7, 11) is -1.76. The minimum atomic E-state index is -1.76. The largest absolute Gasteiger partial charge is 0.459 e. The van der Waals surface area contributed by atoms with Gasteiger partial charge in [0.15, 0.2) is 0 Å². The summed E-state index contributed by atoms with van der Waals surface area (Å²) >= 11 is 0. The van der Waals surface area contributed by atoms with Crippen molar-refractivity contribution in [1.82, 2.24) is 0 Å². The van der Waals surface area contributed by atoms with Gasteiger partial charge in [0.05, 0.1) is 0 Å². The minimum Gasteiger partial charge on any atom is -0.459 e. The molecule has 0 aromatic rings. The van der Waals surface area contributed by atoms with Crippen LogP contribution in [0.15, 0.2) is 0 Å². The molecule has 0 radical (unpaired) electrons. The molecule has 122 valence electrons. The summed E-state index contributed by atoms with van der Waals surface area (Å²) in [5, 5.41) is 0. The maximum absolute atomic E-state index is 12.1. The number of hydrogen-bond acceptors (Lipinski definition) is 2. The summed E-state index contributed by atoms with van der Waals surface area (Å²) < 4.78 is 5.42. The Hall–Kier alpha value is -0.753. The number of hydrogen-bond donors (Lipinski definition) is 0. The van der Waals surface area contributed by atoms with Crippen LogP contribution in [0.1, 0.15) is 69.2 Å². The standard InChI is InChI=1S/C18H34O2Si/c1-13(2)21(14(3)4,15(5)6)12-11-16(7)17(19)20-18(8,9)10/h13-16H,1-10H3. The smallest absolute Gasteiger partial charge is 0.321 e. The molecular formula is C18H34O2Si. The molecule has 0 aliphatic carbocycles. The molecule has 0 aromatic carbocycles. The third-order valence-corrected chi connectivity index (χ3v) is 10.4. The quantitative estimate of drug-likeness (QED) is 0.406. The third-order valence-electron chi connectivity index (χ3n) is 4.13. The molecule has 2 nitrogen and oxygen atoms in total. The van der Waals surface area contributed by atoms with Gasteiger partial charge in [-0.3, -0.25) is 4.79 Å². The molecular weight excluding hydrogens is 276 g/mol. The predicted molar refractivity (Wildman–Crippen MR) is 93.8 cm³/mol. The second kappa shape index (κ2) is 7.49. The first-order valence-electron chi connectivity index (χ1n) is 8.10. The summed E-state index contributed by atoms with van der Waals surface area (Å²) in [5.41, 5.74) is 4.88. The molecule has 0 N–H and O–H groups in total. The zero-order chi connectivity index (χ0) is 17.0. The van der Waals surface area contributed by atoms with E-state index in [-0.39, 0.29) is 11.9 Å². The summed E-state index contributed by atoms with van der Waals surface area (Å²) in [6.45, 7) is 21.2. The second-order valence-electron chi connectivity index (χ2n) is 7.92. The van der Waals surface area contributed by atoms with E-state index in [1.165, 1.54) is 0 Å². The van der Waals surface area contributed by atoms with Gasteiger partial charge in [-0.15, -0.1) is 5.54 Å². The normalized spacial score (nSPS) is 14.1. The van der Waals surface area contributed by atoms with E-state index in [1.54, 1.807) is 0 Å². The summed E-state index contributed by atoms with van der Waals surface area (Å²) in [6.07, 6.45) is 0. The van der Waals surface area contributed by atoms with Crippen LogP contribution >= 0.6 is 0 Å². The predicted octanol–water partition coefficient (Wildman–Crippen LogP) is 5.19. The van der Waals surface area contributed by atoms with Crippen LogP contribution in [0.25, 0.3) is 0 Å². The number of carbonyl (C=O) groups excluding carboxylic acids is 1. The maximum atomic E-state index is 12.1. The van der Waals surface area contributed by atoms with Crippen molar-refractivity contribution >= 4 is 14.0 Å². The zero-order valence-electron chi connectivity index (χ0n) is 15.6. The molecule has 0 amide bonds. The van der Waals surface area contributed by atoms with E-state index in [4.69, 9.17) is 4.74 Å². The van der Waals surface area contributed by atoms with Crippen LogP contribution in [0.2, 0.25) is 16.6 Å². The van der Waals surface area contributed by atoms with Crippen molar-refractivity contribution in [3.63, 3.8) is 0 Å². The van der Waals surface area contributed by atoms with Crippen molar-refractivity contribution in [1.29, 1.82) is 0 Å². The number of carbonyl (C=O) groups is 1. The van der Waals surface area contributed by atoms with E-state index in [0.717, 1.165) is 0 Å². The lowest BCUT2D eigenvalue weighted by atomic mass is 10.1. The Labute approximate surface area is 133 Å². The molecule has 0 fully saturated rings. The number of esters is 1. The molecule has 0 saturated carbocycles. The molecule has 0 aliphatic rings. The first-order chi connectivity index (χ1) is 9.34. The molecule has 1 unspecified atom stereocenters. The molecule has 0 aliphatic heterocycles. The van der Waals surface area contributed by atoms with Crippen molar-refractivity contribution in [3.8, 4) is 11.5 Å². The van der Waals surface area contributed by atoms with Crippen molar-refractivity contribution in [3.05, 3.63) is 0 Å². The molecule has 0 rings (SSSR count). The molecule has 21 heavy (non-hydrogen) atoms. The Balaban J connectivity index is 5.35. The van der Waals surface area contributed by atoms with Crippen LogP contribution in [0, 0.1) is 17.4 Å². The van der Waals surface area contributed by atoms with Crippen molar-refractivity contribution in [2.24, 2.45) is 5.92 Å². The van der Waals surface area contributed by atoms with Gasteiger partial charge in [-0.25, -0.2) is 0 Å². The van der Waals surface area contributed by atoms with Gasteiger partial charge in [-0.1, -0.05) is 47.5 Å². The highest BCUT2D eigenvalue weighted by atomic mass is 28.3. The minimum absolute atomic E-state index is 0.214. The Morgan fingerprint density at radius 1 is 0.905 bits per heavy atom. The first-order valence-corrected chi connectivity index (χ1v) is 10.3. The van der Waals surface area contributed by atoms with Gasteiger partial charge in [0.2, 0.25) is 0 Å². The summed E-state index contributed by atoms with van der Waals surface area (Å²) in [5.74, 6) is 2.66. The lowest BCUT2D eigenvalue weighted by Gasteiger charge is -2.38. The molecule has 0 saturated heterocycles. The summed E-state index contributed by atoms with van der Waals surface area (Å²) in [6, 6.07) is 0. The van der Waals surface area contributed by atoms with Crippen LogP contribution in [-0.4, -0.2) is 19.6 Å². The fourth-order valence-corrected chi connectivity index (χ4v) is 8.45. The maximum Gasteiger partial charge on any atom is 0.321 e. The average Bonchev–Trinajstić information content (AvgIpc) is 2.25. The van der Waals surface area contributed by atoms with Crippen LogP contribution in [0.4, 0.5) is 0 Å². The Bertz CT molecular complexity index is 383. The van der Waals surface area contributed by atoms with E-state index >= 15 is 0 Å². The molecule has 0 aromatic heterocycles. The summed E-state index contributed by atoms with van der Waals surface area (Å²) in [4.78, 5) is 12.1. The second-order valence-corrected chi connectivity index (χ2v) is 13.5. The van der Waals surface area contributed by atoms with Crippen LogP contribution in [0.5, 0.6) is 0 Å². The van der Waals surface area contributed by atoms with E-state index in [2.05, 4.69) is 53.0 Å². The van der Waals surface area contributed by atoms with Crippen molar-refractivity contribution in [2.75, 3.05) is 0 Å². The fraction of sp³-hybridized carbons (Fsp3) is 0.833. The molecule has 0 spiro atoms. The number of ether oxygens (including phenoxy) is 1. The van der Waals surface area contributed by atoms with Gasteiger partial charge >= 0.3 is 5.97 Å². The van der Waals surface area contributed by atoms with Crippen molar-refractivity contribution < 1.29 is 9.53 Å². The van der Waals surface area contributed by atoms with Crippen molar-refractivity contribution in [2.45, 2.75) is 91.5 Å². The Kier molecular flexibility index (Phi) is 7.22. The molecule has 1 atom stereocenters. The lowest BCUT2D eigenvalue weighted by molar-refractivity contribution is -0.157. The van der Waals surface area contributed by atoms with E-state index in [1.807, 2.05) is 27.7 Å². The van der Waals surface area contributed by atoms with Crippen LogP contribution in [0.3, 0.4) is 0 Å². The first kappa shape index (κ1) is 20.2. The highest BCUT2D eigenvalue weighted by molar-refractivity contribution is 6.90. The van der Waals surface area contributed by atoms with Crippen LogP contribution < -0.4 is 0 Å². The molecule has 0 bridgehead atoms. The topological polar surface area (TPSA) is 26.3 Å². The van der Waals surface area contributed by atoms with Gasteiger partial charge in [-0.05, 0) is 44.3 Å². The van der Waals surface area contributed by atoms with Gasteiger partial charge in [0.1, 0.15) is 19.6 Å². The van der Waals surface area contributed by atoms with Gasteiger partial charge in [0.25, 0.3) is 0 Å². The van der Waals surface area contributed by atoms with Gasteiger partial charge < -0.3 is 4.74 Å². The Morgan fingerprint density at radius 3 is 1.57 bits per heavy atom. The molecule has 0 heterocycles.